The molecular weight excluding hydrogens is 232 g/mol. The normalized spacial score (nSPS) is 22.6. The van der Waals surface area contributed by atoms with Crippen molar-refractivity contribution in [3.05, 3.63) is 16.1 Å². The summed E-state index contributed by atoms with van der Waals surface area (Å²) < 4.78 is 5.51. The third-order valence-corrected chi connectivity index (χ3v) is 4.25. The van der Waals surface area contributed by atoms with Crippen molar-refractivity contribution in [3.8, 4) is 0 Å². The summed E-state index contributed by atoms with van der Waals surface area (Å²) in [4.78, 5) is 4.72. The summed E-state index contributed by atoms with van der Waals surface area (Å²) in [6, 6.07) is 0.503. The fourth-order valence-corrected chi connectivity index (χ4v) is 3.09. The molecule has 1 fully saturated rings. The molecule has 0 bridgehead atoms. The SMILES string of the molecule is CNC(C)Cc1csc(CC2CCCOC2)n1. The van der Waals surface area contributed by atoms with Crippen LogP contribution < -0.4 is 5.32 Å². The summed E-state index contributed by atoms with van der Waals surface area (Å²) in [5.41, 5.74) is 1.23. The van der Waals surface area contributed by atoms with Gasteiger partial charge in [0.25, 0.3) is 0 Å². The molecule has 1 aromatic rings. The predicted octanol–water partition coefficient (Wildman–Crippen LogP) is 2.26. The van der Waals surface area contributed by atoms with Gasteiger partial charge >= 0.3 is 0 Å². The van der Waals surface area contributed by atoms with Crippen molar-refractivity contribution < 1.29 is 4.74 Å². The molecule has 17 heavy (non-hydrogen) atoms. The summed E-state index contributed by atoms with van der Waals surface area (Å²) in [6.07, 6.45) is 4.62. The van der Waals surface area contributed by atoms with Gasteiger partial charge in [0.15, 0.2) is 0 Å². The maximum atomic E-state index is 5.51. The molecule has 1 aromatic heterocycles. The second-order valence-corrected chi connectivity index (χ2v) is 5.86. The van der Waals surface area contributed by atoms with Gasteiger partial charge in [0.05, 0.1) is 10.7 Å². The largest absolute Gasteiger partial charge is 0.381 e. The van der Waals surface area contributed by atoms with E-state index >= 15 is 0 Å². The molecule has 1 aliphatic rings. The lowest BCUT2D eigenvalue weighted by Gasteiger charge is -2.20. The van der Waals surface area contributed by atoms with Crippen LogP contribution in [0.4, 0.5) is 0 Å². The van der Waals surface area contributed by atoms with E-state index in [9.17, 15) is 0 Å². The Hall–Kier alpha value is -0.450. The molecular formula is C13H22N2OS. The summed E-state index contributed by atoms with van der Waals surface area (Å²) >= 11 is 1.80. The predicted molar refractivity (Wildman–Crippen MR) is 71.6 cm³/mol. The number of nitrogens with zero attached hydrogens (tertiary/aromatic N) is 1. The lowest BCUT2D eigenvalue weighted by atomic mass is 9.99. The Morgan fingerprint density at radius 2 is 2.53 bits per heavy atom. The van der Waals surface area contributed by atoms with E-state index in [1.165, 1.54) is 23.5 Å². The third kappa shape index (κ3) is 4.05. The van der Waals surface area contributed by atoms with Crippen LogP contribution in [0.5, 0.6) is 0 Å². The van der Waals surface area contributed by atoms with Crippen molar-refractivity contribution in [1.82, 2.24) is 10.3 Å². The molecule has 2 unspecified atom stereocenters. The van der Waals surface area contributed by atoms with Crippen LogP contribution in [0.2, 0.25) is 0 Å². The molecule has 2 rings (SSSR count). The van der Waals surface area contributed by atoms with Gasteiger partial charge in [-0.1, -0.05) is 0 Å². The quantitative estimate of drug-likeness (QED) is 0.875. The lowest BCUT2D eigenvalue weighted by Crippen LogP contribution is -2.23. The third-order valence-electron chi connectivity index (χ3n) is 3.33. The minimum Gasteiger partial charge on any atom is -0.381 e. The number of thiazole rings is 1. The van der Waals surface area contributed by atoms with Crippen molar-refractivity contribution in [2.24, 2.45) is 5.92 Å². The van der Waals surface area contributed by atoms with Crippen LogP contribution in [0.3, 0.4) is 0 Å². The summed E-state index contributed by atoms with van der Waals surface area (Å²) in [5, 5.41) is 6.73. The van der Waals surface area contributed by atoms with Gasteiger partial charge < -0.3 is 10.1 Å². The van der Waals surface area contributed by atoms with Gasteiger partial charge in [0.2, 0.25) is 0 Å². The van der Waals surface area contributed by atoms with Crippen LogP contribution >= 0.6 is 11.3 Å². The first-order valence-corrected chi connectivity index (χ1v) is 7.34. The highest BCUT2D eigenvalue weighted by molar-refractivity contribution is 7.09. The van der Waals surface area contributed by atoms with Gasteiger partial charge in [-0.2, -0.15) is 0 Å². The van der Waals surface area contributed by atoms with Crippen molar-refractivity contribution >= 4 is 11.3 Å². The minimum absolute atomic E-state index is 0.503. The molecule has 0 saturated carbocycles. The summed E-state index contributed by atoms with van der Waals surface area (Å²) in [5.74, 6) is 0.685. The first kappa shape index (κ1) is 13.0. The monoisotopic (exact) mass is 254 g/mol. The Morgan fingerprint density at radius 3 is 3.24 bits per heavy atom. The zero-order chi connectivity index (χ0) is 12.1. The van der Waals surface area contributed by atoms with Crippen LogP contribution in [0.1, 0.15) is 30.5 Å². The second-order valence-electron chi connectivity index (χ2n) is 4.91. The average molecular weight is 254 g/mol. The van der Waals surface area contributed by atoms with Gasteiger partial charge in [-0.05, 0) is 32.7 Å². The van der Waals surface area contributed by atoms with Gasteiger partial charge in [-0.15, -0.1) is 11.3 Å². The molecule has 0 spiro atoms. The van der Waals surface area contributed by atoms with Gasteiger partial charge in [0, 0.05) is 37.5 Å². The van der Waals surface area contributed by atoms with Crippen LogP contribution in [0.25, 0.3) is 0 Å². The zero-order valence-corrected chi connectivity index (χ0v) is 11.6. The number of rotatable bonds is 5. The van der Waals surface area contributed by atoms with Gasteiger partial charge in [-0.3, -0.25) is 0 Å². The number of hydrogen-bond acceptors (Lipinski definition) is 4. The molecule has 96 valence electrons. The number of aromatic nitrogens is 1. The Bertz CT molecular complexity index is 334. The smallest absolute Gasteiger partial charge is 0.0931 e. The average Bonchev–Trinajstić information content (AvgIpc) is 2.77. The number of ether oxygens (including phenoxy) is 1. The maximum Gasteiger partial charge on any atom is 0.0931 e. The minimum atomic E-state index is 0.503. The standard InChI is InChI=1S/C13H22N2OS/c1-10(14-2)6-12-9-17-13(15-12)7-11-4-3-5-16-8-11/h9-11,14H,3-8H2,1-2H3. The first-order valence-electron chi connectivity index (χ1n) is 6.46. The molecule has 1 N–H and O–H groups in total. The van der Waals surface area contributed by atoms with E-state index in [0.717, 1.165) is 26.1 Å². The molecule has 1 aliphatic heterocycles. The lowest BCUT2D eigenvalue weighted by molar-refractivity contribution is 0.0550. The number of nitrogens with one attached hydrogen (secondary N) is 1. The molecule has 2 atom stereocenters. The second kappa shape index (κ2) is 6.47. The molecule has 3 nitrogen and oxygen atoms in total. The zero-order valence-electron chi connectivity index (χ0n) is 10.7. The highest BCUT2D eigenvalue weighted by Crippen LogP contribution is 2.21. The topological polar surface area (TPSA) is 34.1 Å². The Kier molecular flexibility index (Phi) is 4.95. The van der Waals surface area contributed by atoms with Crippen LogP contribution in [0.15, 0.2) is 5.38 Å². The molecule has 2 heterocycles. The van der Waals surface area contributed by atoms with Crippen LogP contribution in [-0.4, -0.2) is 31.3 Å². The fourth-order valence-electron chi connectivity index (χ4n) is 2.17. The molecule has 0 amide bonds. The highest BCUT2D eigenvalue weighted by atomic mass is 32.1. The van der Waals surface area contributed by atoms with E-state index in [0.29, 0.717) is 12.0 Å². The fraction of sp³-hybridized carbons (Fsp3) is 0.769. The van der Waals surface area contributed by atoms with Crippen LogP contribution in [0, 0.1) is 5.92 Å². The van der Waals surface area contributed by atoms with E-state index < -0.39 is 0 Å². The van der Waals surface area contributed by atoms with Crippen molar-refractivity contribution in [3.63, 3.8) is 0 Å². The summed E-state index contributed by atoms with van der Waals surface area (Å²) in [7, 11) is 2.00. The Labute approximate surface area is 108 Å². The van der Waals surface area contributed by atoms with E-state index in [1.54, 1.807) is 11.3 Å². The molecule has 4 heteroatoms. The van der Waals surface area contributed by atoms with Crippen molar-refractivity contribution in [2.75, 3.05) is 20.3 Å². The first-order chi connectivity index (χ1) is 8.28. The molecule has 1 saturated heterocycles. The molecule has 0 aromatic carbocycles. The van der Waals surface area contributed by atoms with Crippen molar-refractivity contribution in [1.29, 1.82) is 0 Å². The maximum absolute atomic E-state index is 5.51. The van der Waals surface area contributed by atoms with Crippen LogP contribution in [-0.2, 0) is 17.6 Å². The van der Waals surface area contributed by atoms with Gasteiger partial charge in [-0.25, -0.2) is 4.98 Å². The Balaban J connectivity index is 1.84. The highest BCUT2D eigenvalue weighted by Gasteiger charge is 2.16. The molecule has 0 aliphatic carbocycles. The van der Waals surface area contributed by atoms with Crippen molar-refractivity contribution in [2.45, 2.75) is 38.6 Å². The van der Waals surface area contributed by atoms with E-state index in [-0.39, 0.29) is 0 Å². The van der Waals surface area contributed by atoms with E-state index in [2.05, 4.69) is 17.6 Å². The Morgan fingerprint density at radius 1 is 1.65 bits per heavy atom. The van der Waals surface area contributed by atoms with E-state index in [1.807, 2.05) is 7.05 Å². The molecule has 0 radical (unpaired) electrons. The summed E-state index contributed by atoms with van der Waals surface area (Å²) in [6.45, 7) is 4.05. The van der Waals surface area contributed by atoms with E-state index in [4.69, 9.17) is 9.72 Å². The number of hydrogen-bond donors (Lipinski definition) is 1. The van der Waals surface area contributed by atoms with Gasteiger partial charge in [0.1, 0.15) is 0 Å². The number of likely N-dealkylation sites (N-methyl/N-ethyl adjacent to an activating group) is 1.